The Morgan fingerprint density at radius 3 is 2.57 bits per heavy atom. The number of hydrogen-bond donors (Lipinski definition) is 0. The van der Waals surface area contributed by atoms with E-state index in [0.29, 0.717) is 0 Å². The van der Waals surface area contributed by atoms with Gasteiger partial charge in [0.05, 0.1) is 6.54 Å². The molecule has 0 N–H and O–H groups in total. The lowest BCUT2D eigenvalue weighted by atomic mass is 10.2. The van der Waals surface area contributed by atoms with Gasteiger partial charge in [-0.25, -0.2) is 4.98 Å². The summed E-state index contributed by atoms with van der Waals surface area (Å²) in [7, 11) is 0. The van der Waals surface area contributed by atoms with Crippen LogP contribution in [0.5, 0.6) is 0 Å². The van der Waals surface area contributed by atoms with E-state index in [2.05, 4.69) is 39.9 Å². The number of pyridine rings is 1. The molecule has 0 amide bonds. The van der Waals surface area contributed by atoms with Gasteiger partial charge < -0.3 is 9.32 Å². The summed E-state index contributed by atoms with van der Waals surface area (Å²) >= 11 is 0. The summed E-state index contributed by atoms with van der Waals surface area (Å²) in [4.78, 5) is 9.22. The molecule has 112 valence electrons. The molecule has 1 fully saturated rings. The lowest BCUT2D eigenvalue weighted by Gasteiger charge is -2.34. The van der Waals surface area contributed by atoms with E-state index in [1.807, 2.05) is 18.3 Å². The molecule has 0 unspecified atom stereocenters. The van der Waals surface area contributed by atoms with Crippen molar-refractivity contribution in [2.24, 2.45) is 0 Å². The summed E-state index contributed by atoms with van der Waals surface area (Å²) < 4.78 is 5.87. The van der Waals surface area contributed by atoms with Crippen molar-refractivity contribution in [2.45, 2.75) is 26.3 Å². The van der Waals surface area contributed by atoms with Gasteiger partial charge in [0.15, 0.2) is 0 Å². The average Bonchev–Trinajstić information content (AvgIpc) is 2.97. The fourth-order valence-corrected chi connectivity index (χ4v) is 2.78. The molecule has 0 aliphatic carbocycles. The van der Waals surface area contributed by atoms with Crippen molar-refractivity contribution < 1.29 is 4.42 Å². The van der Waals surface area contributed by atoms with E-state index >= 15 is 0 Å². The van der Waals surface area contributed by atoms with Crippen LogP contribution in [0.4, 0.5) is 5.82 Å². The Kier molecular flexibility index (Phi) is 4.55. The predicted molar refractivity (Wildman–Crippen MR) is 84.4 cm³/mol. The zero-order chi connectivity index (χ0) is 14.5. The molecular formula is C17H23N3O. The van der Waals surface area contributed by atoms with E-state index in [4.69, 9.17) is 4.42 Å². The van der Waals surface area contributed by atoms with E-state index in [1.165, 1.54) is 0 Å². The van der Waals surface area contributed by atoms with Crippen LogP contribution in [0.15, 0.2) is 40.9 Å². The number of rotatable bonds is 5. The molecule has 21 heavy (non-hydrogen) atoms. The highest BCUT2D eigenvalue weighted by atomic mass is 16.3. The Balaban J connectivity index is 1.51. The van der Waals surface area contributed by atoms with Crippen molar-refractivity contribution >= 4 is 5.82 Å². The number of anilines is 1. The molecule has 1 aliphatic rings. The van der Waals surface area contributed by atoms with Crippen molar-refractivity contribution in [1.82, 2.24) is 9.88 Å². The third-order valence-electron chi connectivity index (χ3n) is 3.94. The molecule has 3 rings (SSSR count). The fourth-order valence-electron chi connectivity index (χ4n) is 2.78. The molecule has 0 spiro atoms. The summed E-state index contributed by atoms with van der Waals surface area (Å²) in [6.07, 6.45) is 4.03. The zero-order valence-electron chi connectivity index (χ0n) is 12.7. The molecule has 4 heteroatoms. The highest BCUT2D eigenvalue weighted by molar-refractivity contribution is 5.38. The van der Waals surface area contributed by atoms with E-state index in [-0.39, 0.29) is 0 Å². The van der Waals surface area contributed by atoms with Crippen molar-refractivity contribution in [1.29, 1.82) is 0 Å². The molecule has 0 atom stereocenters. The SMILES string of the molecule is CCCc1ccc(CN2CCN(c3ccccn3)CC2)o1. The van der Waals surface area contributed by atoms with E-state index in [0.717, 1.165) is 62.9 Å². The van der Waals surface area contributed by atoms with E-state index < -0.39 is 0 Å². The molecule has 4 nitrogen and oxygen atoms in total. The standard InChI is InChI=1S/C17H23N3O/c1-2-5-15-7-8-16(21-15)14-19-10-12-20(13-11-19)17-6-3-4-9-18-17/h3-4,6-9H,2,5,10-14H2,1H3. The second-order valence-electron chi connectivity index (χ2n) is 5.57. The number of hydrogen-bond acceptors (Lipinski definition) is 4. The molecular weight excluding hydrogens is 262 g/mol. The maximum atomic E-state index is 5.87. The van der Waals surface area contributed by atoms with Crippen LogP contribution >= 0.6 is 0 Å². The summed E-state index contributed by atoms with van der Waals surface area (Å²) in [5.41, 5.74) is 0. The lowest BCUT2D eigenvalue weighted by molar-refractivity contribution is 0.228. The lowest BCUT2D eigenvalue weighted by Crippen LogP contribution is -2.46. The summed E-state index contributed by atoms with van der Waals surface area (Å²) in [5.74, 6) is 3.28. The Morgan fingerprint density at radius 1 is 1.05 bits per heavy atom. The molecule has 3 heterocycles. The third kappa shape index (κ3) is 3.64. The summed E-state index contributed by atoms with van der Waals surface area (Å²) in [6, 6.07) is 10.3. The monoisotopic (exact) mass is 285 g/mol. The van der Waals surface area contributed by atoms with Gasteiger partial charge in [-0.05, 0) is 30.7 Å². The minimum absolute atomic E-state index is 0.916. The first-order valence-electron chi connectivity index (χ1n) is 7.81. The number of piperazine rings is 1. The van der Waals surface area contributed by atoms with Gasteiger partial charge in [0.25, 0.3) is 0 Å². The quantitative estimate of drug-likeness (QED) is 0.845. The van der Waals surface area contributed by atoms with Gasteiger partial charge in [0, 0.05) is 38.8 Å². The van der Waals surface area contributed by atoms with Crippen LogP contribution in [0.2, 0.25) is 0 Å². The molecule has 0 aromatic carbocycles. The van der Waals surface area contributed by atoms with Gasteiger partial charge in [-0.2, -0.15) is 0 Å². The van der Waals surface area contributed by atoms with E-state index in [9.17, 15) is 0 Å². The van der Waals surface area contributed by atoms with Crippen LogP contribution < -0.4 is 4.90 Å². The fraction of sp³-hybridized carbons (Fsp3) is 0.471. The number of nitrogens with zero attached hydrogens (tertiary/aromatic N) is 3. The average molecular weight is 285 g/mol. The topological polar surface area (TPSA) is 32.5 Å². The highest BCUT2D eigenvalue weighted by Crippen LogP contribution is 2.16. The Morgan fingerprint density at radius 2 is 1.86 bits per heavy atom. The Labute approximate surface area is 126 Å². The maximum absolute atomic E-state index is 5.87. The van der Waals surface area contributed by atoms with Gasteiger partial charge in [-0.1, -0.05) is 13.0 Å². The number of aryl methyl sites for hydroxylation is 1. The molecule has 0 saturated carbocycles. The Bertz CT molecular complexity index is 544. The normalized spacial score (nSPS) is 16.3. The van der Waals surface area contributed by atoms with Crippen molar-refractivity contribution in [2.75, 3.05) is 31.1 Å². The van der Waals surface area contributed by atoms with Gasteiger partial charge in [-0.3, -0.25) is 4.90 Å². The van der Waals surface area contributed by atoms with Crippen LogP contribution in [-0.4, -0.2) is 36.1 Å². The first kappa shape index (κ1) is 14.1. The minimum Gasteiger partial charge on any atom is -0.465 e. The maximum Gasteiger partial charge on any atom is 0.128 e. The molecule has 0 radical (unpaired) electrons. The van der Waals surface area contributed by atoms with Gasteiger partial charge in [-0.15, -0.1) is 0 Å². The van der Waals surface area contributed by atoms with Crippen LogP contribution in [0.1, 0.15) is 24.9 Å². The molecule has 1 aliphatic heterocycles. The third-order valence-corrected chi connectivity index (χ3v) is 3.94. The zero-order valence-corrected chi connectivity index (χ0v) is 12.7. The van der Waals surface area contributed by atoms with Crippen molar-refractivity contribution in [3.05, 3.63) is 48.0 Å². The van der Waals surface area contributed by atoms with Gasteiger partial charge >= 0.3 is 0 Å². The van der Waals surface area contributed by atoms with Crippen molar-refractivity contribution in [3.63, 3.8) is 0 Å². The largest absolute Gasteiger partial charge is 0.465 e. The summed E-state index contributed by atoms with van der Waals surface area (Å²) in [6.45, 7) is 7.26. The first-order valence-corrected chi connectivity index (χ1v) is 7.81. The van der Waals surface area contributed by atoms with E-state index in [1.54, 1.807) is 0 Å². The minimum atomic E-state index is 0.916. The smallest absolute Gasteiger partial charge is 0.128 e. The summed E-state index contributed by atoms with van der Waals surface area (Å²) in [5, 5.41) is 0. The number of aromatic nitrogens is 1. The first-order chi connectivity index (χ1) is 10.3. The van der Waals surface area contributed by atoms with Crippen molar-refractivity contribution in [3.8, 4) is 0 Å². The molecule has 1 saturated heterocycles. The Hall–Kier alpha value is -1.81. The highest BCUT2D eigenvalue weighted by Gasteiger charge is 2.18. The van der Waals surface area contributed by atoms with Crippen LogP contribution in [-0.2, 0) is 13.0 Å². The number of furan rings is 1. The van der Waals surface area contributed by atoms with Gasteiger partial charge in [0.1, 0.15) is 17.3 Å². The molecule has 0 bridgehead atoms. The second-order valence-corrected chi connectivity index (χ2v) is 5.57. The van der Waals surface area contributed by atoms with Crippen LogP contribution in [0, 0.1) is 0 Å². The molecule has 2 aromatic rings. The van der Waals surface area contributed by atoms with Crippen LogP contribution in [0.25, 0.3) is 0 Å². The van der Waals surface area contributed by atoms with Crippen LogP contribution in [0.3, 0.4) is 0 Å². The second kappa shape index (κ2) is 6.76. The predicted octanol–water partition coefficient (Wildman–Crippen LogP) is 2.95. The van der Waals surface area contributed by atoms with Gasteiger partial charge in [0.2, 0.25) is 0 Å². The molecule has 2 aromatic heterocycles.